The van der Waals surface area contributed by atoms with Crippen LogP contribution in [0, 0.1) is 17.5 Å². The number of nitrogens with two attached hydrogens (primary N) is 1. The van der Waals surface area contributed by atoms with E-state index in [1.807, 2.05) is 20.8 Å². The Labute approximate surface area is 115 Å². The number of rotatable bonds is 3. The molecule has 0 aliphatic rings. The SMILES string of the molecule is CCn1c(C(C)C)nc(-c2cc(F)c(F)cc2F)c1N. The van der Waals surface area contributed by atoms with Crippen LogP contribution in [0.3, 0.4) is 0 Å². The molecule has 20 heavy (non-hydrogen) atoms. The van der Waals surface area contributed by atoms with Crippen molar-refractivity contribution in [3.63, 3.8) is 0 Å². The maximum absolute atomic E-state index is 13.8. The Morgan fingerprint density at radius 2 is 1.75 bits per heavy atom. The molecule has 2 N–H and O–H groups in total. The van der Waals surface area contributed by atoms with Crippen molar-refractivity contribution in [2.45, 2.75) is 33.2 Å². The third kappa shape index (κ3) is 2.26. The first-order valence-corrected chi connectivity index (χ1v) is 6.37. The molecule has 3 nitrogen and oxygen atoms in total. The van der Waals surface area contributed by atoms with Crippen molar-refractivity contribution in [1.82, 2.24) is 9.55 Å². The van der Waals surface area contributed by atoms with Crippen LogP contribution in [0.4, 0.5) is 19.0 Å². The molecule has 0 saturated heterocycles. The fourth-order valence-corrected chi connectivity index (χ4v) is 2.16. The van der Waals surface area contributed by atoms with Crippen LogP contribution in [-0.4, -0.2) is 9.55 Å². The zero-order chi connectivity index (χ0) is 15.0. The normalized spacial score (nSPS) is 11.3. The van der Waals surface area contributed by atoms with Crippen molar-refractivity contribution in [3.05, 3.63) is 35.4 Å². The summed E-state index contributed by atoms with van der Waals surface area (Å²) in [4.78, 5) is 4.29. The predicted octanol–water partition coefficient (Wildman–Crippen LogP) is 3.69. The fourth-order valence-electron chi connectivity index (χ4n) is 2.16. The number of aromatic nitrogens is 2. The molecule has 0 unspecified atom stereocenters. The van der Waals surface area contributed by atoms with E-state index in [4.69, 9.17) is 5.73 Å². The monoisotopic (exact) mass is 283 g/mol. The van der Waals surface area contributed by atoms with E-state index in [9.17, 15) is 13.2 Å². The number of hydrogen-bond acceptors (Lipinski definition) is 2. The summed E-state index contributed by atoms with van der Waals surface area (Å²) in [5, 5.41) is 0. The van der Waals surface area contributed by atoms with Gasteiger partial charge in [-0.15, -0.1) is 0 Å². The molecule has 1 aromatic carbocycles. The first-order valence-electron chi connectivity index (χ1n) is 6.37. The van der Waals surface area contributed by atoms with Crippen molar-refractivity contribution >= 4 is 5.82 Å². The summed E-state index contributed by atoms with van der Waals surface area (Å²) >= 11 is 0. The van der Waals surface area contributed by atoms with E-state index < -0.39 is 17.5 Å². The molecule has 0 spiro atoms. The van der Waals surface area contributed by atoms with E-state index in [0.717, 1.165) is 6.07 Å². The average molecular weight is 283 g/mol. The van der Waals surface area contributed by atoms with Gasteiger partial charge in [0.15, 0.2) is 11.6 Å². The number of imidazole rings is 1. The maximum atomic E-state index is 13.8. The Balaban J connectivity index is 2.67. The highest BCUT2D eigenvalue weighted by Gasteiger charge is 2.21. The largest absolute Gasteiger partial charge is 0.383 e. The van der Waals surface area contributed by atoms with Gasteiger partial charge in [0, 0.05) is 24.1 Å². The lowest BCUT2D eigenvalue weighted by molar-refractivity contribution is 0.496. The van der Waals surface area contributed by atoms with Gasteiger partial charge in [0.2, 0.25) is 0 Å². The van der Waals surface area contributed by atoms with Gasteiger partial charge < -0.3 is 10.3 Å². The summed E-state index contributed by atoms with van der Waals surface area (Å²) in [5.41, 5.74) is 5.98. The lowest BCUT2D eigenvalue weighted by Crippen LogP contribution is -2.06. The van der Waals surface area contributed by atoms with Gasteiger partial charge in [-0.25, -0.2) is 18.2 Å². The Hall–Kier alpha value is -1.98. The molecule has 0 radical (unpaired) electrons. The summed E-state index contributed by atoms with van der Waals surface area (Å²) in [6, 6.07) is 1.29. The van der Waals surface area contributed by atoms with Gasteiger partial charge in [-0.05, 0) is 13.0 Å². The number of nitrogens with zero attached hydrogens (tertiary/aromatic N) is 2. The predicted molar refractivity (Wildman–Crippen MR) is 71.7 cm³/mol. The Morgan fingerprint density at radius 1 is 1.15 bits per heavy atom. The minimum Gasteiger partial charge on any atom is -0.383 e. The standard InChI is InChI=1S/C14H16F3N3/c1-4-20-13(18)12(19-14(20)7(2)3)8-5-10(16)11(17)6-9(8)15/h5-7H,4,18H2,1-3H3. The molecule has 0 aliphatic carbocycles. The molecule has 6 heteroatoms. The first-order chi connectivity index (χ1) is 9.36. The van der Waals surface area contributed by atoms with E-state index in [0.29, 0.717) is 18.4 Å². The topological polar surface area (TPSA) is 43.8 Å². The van der Waals surface area contributed by atoms with Crippen LogP contribution in [0.1, 0.15) is 32.5 Å². The summed E-state index contributed by atoms with van der Waals surface area (Å²) in [6.45, 7) is 6.31. The van der Waals surface area contributed by atoms with Gasteiger partial charge in [-0.1, -0.05) is 13.8 Å². The molecule has 108 valence electrons. The van der Waals surface area contributed by atoms with Gasteiger partial charge in [-0.2, -0.15) is 0 Å². The molecule has 0 saturated carbocycles. The molecule has 0 fully saturated rings. The molecule has 2 aromatic rings. The lowest BCUT2D eigenvalue weighted by Gasteiger charge is -2.08. The molecule has 2 rings (SSSR count). The van der Waals surface area contributed by atoms with Crippen molar-refractivity contribution < 1.29 is 13.2 Å². The molecule has 1 heterocycles. The van der Waals surface area contributed by atoms with Gasteiger partial charge in [0.25, 0.3) is 0 Å². The average Bonchev–Trinajstić information content (AvgIpc) is 2.71. The third-order valence-electron chi connectivity index (χ3n) is 3.13. The highest BCUT2D eigenvalue weighted by molar-refractivity contribution is 5.71. The Morgan fingerprint density at radius 3 is 2.25 bits per heavy atom. The molecule has 0 atom stereocenters. The molecule has 0 aliphatic heterocycles. The number of hydrogen-bond donors (Lipinski definition) is 1. The van der Waals surface area contributed by atoms with Crippen LogP contribution in [0.25, 0.3) is 11.3 Å². The van der Waals surface area contributed by atoms with Crippen molar-refractivity contribution in [3.8, 4) is 11.3 Å². The highest BCUT2D eigenvalue weighted by Crippen LogP contribution is 2.32. The minimum absolute atomic E-state index is 0.0827. The van der Waals surface area contributed by atoms with Crippen LogP contribution in [0.15, 0.2) is 12.1 Å². The van der Waals surface area contributed by atoms with Crippen LogP contribution in [-0.2, 0) is 6.54 Å². The van der Waals surface area contributed by atoms with Gasteiger partial charge in [-0.3, -0.25) is 0 Å². The van der Waals surface area contributed by atoms with E-state index in [2.05, 4.69) is 4.98 Å². The second-order valence-electron chi connectivity index (χ2n) is 4.85. The number of halogens is 3. The molecular weight excluding hydrogens is 267 g/mol. The molecule has 0 bridgehead atoms. The van der Waals surface area contributed by atoms with Gasteiger partial charge in [0.1, 0.15) is 23.2 Å². The van der Waals surface area contributed by atoms with E-state index in [1.54, 1.807) is 4.57 Å². The third-order valence-corrected chi connectivity index (χ3v) is 3.13. The number of nitrogen functional groups attached to an aromatic ring is 1. The molecule has 1 aromatic heterocycles. The van der Waals surface area contributed by atoms with Crippen LogP contribution < -0.4 is 5.73 Å². The van der Waals surface area contributed by atoms with Crippen molar-refractivity contribution in [1.29, 1.82) is 0 Å². The highest BCUT2D eigenvalue weighted by atomic mass is 19.2. The zero-order valence-electron chi connectivity index (χ0n) is 11.5. The summed E-state index contributed by atoms with van der Waals surface area (Å²) in [7, 11) is 0. The van der Waals surface area contributed by atoms with E-state index in [1.165, 1.54) is 0 Å². The smallest absolute Gasteiger partial charge is 0.161 e. The number of benzene rings is 1. The van der Waals surface area contributed by atoms with Crippen molar-refractivity contribution in [2.75, 3.05) is 5.73 Å². The second kappa shape index (κ2) is 5.19. The summed E-state index contributed by atoms with van der Waals surface area (Å²) in [5.74, 6) is -2.22. The quantitative estimate of drug-likeness (QED) is 0.873. The zero-order valence-corrected chi connectivity index (χ0v) is 11.5. The molecule has 0 amide bonds. The van der Waals surface area contributed by atoms with E-state index in [-0.39, 0.29) is 23.0 Å². The summed E-state index contributed by atoms with van der Waals surface area (Å²) < 4.78 is 41.9. The van der Waals surface area contributed by atoms with Gasteiger partial charge >= 0.3 is 0 Å². The van der Waals surface area contributed by atoms with Crippen LogP contribution in [0.2, 0.25) is 0 Å². The second-order valence-corrected chi connectivity index (χ2v) is 4.85. The van der Waals surface area contributed by atoms with Gasteiger partial charge in [0.05, 0.1) is 0 Å². The molecular formula is C14H16F3N3. The Kier molecular flexibility index (Phi) is 3.74. The fraction of sp³-hybridized carbons (Fsp3) is 0.357. The van der Waals surface area contributed by atoms with Crippen LogP contribution in [0.5, 0.6) is 0 Å². The first kappa shape index (κ1) is 14.4. The maximum Gasteiger partial charge on any atom is 0.161 e. The Bertz CT molecular complexity index is 648. The van der Waals surface area contributed by atoms with E-state index >= 15 is 0 Å². The lowest BCUT2D eigenvalue weighted by atomic mass is 10.1. The number of anilines is 1. The van der Waals surface area contributed by atoms with Crippen molar-refractivity contribution in [2.24, 2.45) is 0 Å². The van der Waals surface area contributed by atoms with Crippen LogP contribution >= 0.6 is 0 Å². The summed E-state index contributed by atoms with van der Waals surface area (Å²) in [6.07, 6.45) is 0. The minimum atomic E-state index is -1.23.